The molecule has 0 radical (unpaired) electrons. The Hall–Kier alpha value is 0.390. The Bertz CT molecular complexity index is 829. The van der Waals surface area contributed by atoms with Gasteiger partial charge in [-0.1, -0.05) is 13.8 Å². The highest BCUT2D eigenvalue weighted by Crippen LogP contribution is 2.38. The van der Waals surface area contributed by atoms with Crippen LogP contribution in [-0.4, -0.2) is 28.8 Å². The third-order valence-electron chi connectivity index (χ3n) is 4.19. The van der Waals surface area contributed by atoms with Crippen LogP contribution in [0, 0.1) is 14.3 Å². The number of carboxylic acids is 1. The number of carbonyl (C=O) groups is 1. The number of hydrogen-bond donors (Lipinski definition) is 3. The monoisotopic (exact) mass is 833 g/mol. The molecule has 5 nitrogen and oxygen atoms in total. The Kier molecular flexibility index (Phi) is 9.81. The lowest BCUT2D eigenvalue weighted by molar-refractivity contribution is -0.140. The number of aromatic hydroxyl groups is 1. The predicted molar refractivity (Wildman–Crippen MR) is 144 cm³/mol. The maximum absolute atomic E-state index is 11.7. The molecule has 28 heavy (non-hydrogen) atoms. The van der Waals surface area contributed by atoms with E-state index in [0.29, 0.717) is 18.7 Å². The molecule has 152 valence electrons. The van der Waals surface area contributed by atoms with E-state index in [4.69, 9.17) is 4.74 Å². The SMILES string of the molecule is CCNC(C(=O)O)C(CC)c1cc(I)c(Oc2cc(I)c(O)c(I)c2)c(I)c1. The molecule has 2 rings (SSSR count). The molecule has 2 unspecified atom stereocenters. The van der Waals surface area contributed by atoms with Gasteiger partial charge in [0, 0.05) is 5.92 Å². The van der Waals surface area contributed by atoms with E-state index in [1.54, 1.807) is 12.1 Å². The van der Waals surface area contributed by atoms with E-state index in [0.717, 1.165) is 25.6 Å². The third-order valence-corrected chi connectivity index (χ3v) is 7.44. The predicted octanol–water partition coefficient (Wildman–Crippen LogP) is 6.16. The fourth-order valence-corrected chi connectivity index (χ4v) is 6.64. The number of likely N-dealkylation sites (N-methyl/N-ethyl adjacent to an activating group) is 1. The van der Waals surface area contributed by atoms with Crippen LogP contribution in [0.1, 0.15) is 31.7 Å². The van der Waals surface area contributed by atoms with E-state index in [1.807, 2.05) is 26.0 Å². The number of phenols is 1. The van der Waals surface area contributed by atoms with Crippen molar-refractivity contribution in [1.82, 2.24) is 5.32 Å². The lowest BCUT2D eigenvalue weighted by atomic mass is 9.89. The Morgan fingerprint density at radius 1 is 1.04 bits per heavy atom. The lowest BCUT2D eigenvalue weighted by Crippen LogP contribution is -2.41. The van der Waals surface area contributed by atoms with Crippen molar-refractivity contribution in [2.75, 3.05) is 6.54 Å². The van der Waals surface area contributed by atoms with Crippen molar-refractivity contribution >= 4 is 96.3 Å². The maximum Gasteiger partial charge on any atom is 0.321 e. The van der Waals surface area contributed by atoms with Crippen molar-refractivity contribution in [3.05, 3.63) is 44.1 Å². The highest BCUT2D eigenvalue weighted by atomic mass is 127. The van der Waals surface area contributed by atoms with Crippen molar-refractivity contribution in [2.24, 2.45) is 0 Å². The van der Waals surface area contributed by atoms with Crippen LogP contribution in [0.2, 0.25) is 0 Å². The van der Waals surface area contributed by atoms with Crippen molar-refractivity contribution in [2.45, 2.75) is 32.2 Å². The van der Waals surface area contributed by atoms with Crippen LogP contribution in [0.4, 0.5) is 0 Å². The molecule has 2 aromatic carbocycles. The van der Waals surface area contributed by atoms with E-state index < -0.39 is 12.0 Å². The van der Waals surface area contributed by atoms with Gasteiger partial charge < -0.3 is 20.3 Å². The normalized spacial score (nSPS) is 13.2. The number of rotatable bonds is 8. The number of phenolic OH excluding ortho intramolecular Hbond substituents is 1. The summed E-state index contributed by atoms with van der Waals surface area (Å²) in [4.78, 5) is 11.7. The quantitative estimate of drug-likeness (QED) is 0.278. The van der Waals surface area contributed by atoms with Crippen LogP contribution in [0.5, 0.6) is 17.2 Å². The highest BCUT2D eigenvalue weighted by molar-refractivity contribution is 14.1. The molecule has 2 atom stereocenters. The van der Waals surface area contributed by atoms with E-state index in [-0.39, 0.29) is 11.7 Å². The number of carboxylic acid groups (broad SMARTS) is 1. The number of benzene rings is 2. The van der Waals surface area contributed by atoms with Gasteiger partial charge in [-0.2, -0.15) is 0 Å². The van der Waals surface area contributed by atoms with Gasteiger partial charge in [-0.15, -0.1) is 0 Å². The van der Waals surface area contributed by atoms with Gasteiger partial charge in [0.25, 0.3) is 0 Å². The minimum absolute atomic E-state index is 0.135. The summed E-state index contributed by atoms with van der Waals surface area (Å²) in [6.07, 6.45) is 0.713. The topological polar surface area (TPSA) is 78.8 Å². The zero-order chi connectivity index (χ0) is 21.0. The fourth-order valence-electron chi connectivity index (χ4n) is 2.90. The molecular formula is C19H19I4NO4. The number of hydrogen-bond acceptors (Lipinski definition) is 4. The molecule has 9 heteroatoms. The Morgan fingerprint density at radius 3 is 2.00 bits per heavy atom. The summed E-state index contributed by atoms with van der Waals surface area (Å²) < 4.78 is 9.39. The molecule has 0 spiro atoms. The molecule has 2 aromatic rings. The number of aliphatic carboxylic acids is 1. The van der Waals surface area contributed by atoms with E-state index in [9.17, 15) is 15.0 Å². The number of halogens is 4. The molecule has 0 saturated heterocycles. The summed E-state index contributed by atoms with van der Waals surface area (Å²) in [5.41, 5.74) is 0.979. The van der Waals surface area contributed by atoms with Crippen LogP contribution in [0.3, 0.4) is 0 Å². The zero-order valence-electron chi connectivity index (χ0n) is 15.1. The molecule has 0 aromatic heterocycles. The van der Waals surface area contributed by atoms with Crippen LogP contribution in [-0.2, 0) is 4.79 Å². The lowest BCUT2D eigenvalue weighted by Gasteiger charge is -2.25. The number of ether oxygens (including phenoxy) is 1. The molecule has 0 saturated carbocycles. The van der Waals surface area contributed by atoms with E-state index in [2.05, 4.69) is 95.7 Å². The first kappa shape index (κ1) is 24.7. The van der Waals surface area contributed by atoms with Crippen LogP contribution in [0.25, 0.3) is 0 Å². The Balaban J connectivity index is 2.40. The second-order valence-electron chi connectivity index (χ2n) is 6.04. The average Bonchev–Trinajstić information content (AvgIpc) is 2.62. The molecule has 0 aliphatic rings. The summed E-state index contributed by atoms with van der Waals surface area (Å²) >= 11 is 8.60. The van der Waals surface area contributed by atoms with Crippen molar-refractivity contribution in [1.29, 1.82) is 0 Å². The standard InChI is InChI=1S/C19H19I4NO4/c1-3-11(16(19(26)27)24-4-2)9-5-14(22)18(15(23)6-9)28-10-7-12(20)17(25)13(21)8-10/h5-8,11,16,24-25H,3-4H2,1-2H3,(H,26,27). The number of nitrogens with one attached hydrogen (secondary N) is 1. The molecule has 0 amide bonds. The smallest absolute Gasteiger partial charge is 0.321 e. The summed E-state index contributed by atoms with van der Waals surface area (Å²) in [7, 11) is 0. The second kappa shape index (κ2) is 11.1. The van der Waals surface area contributed by atoms with Gasteiger partial charge in [0.1, 0.15) is 17.5 Å². The molecule has 0 heterocycles. The maximum atomic E-state index is 11.7. The summed E-state index contributed by atoms with van der Waals surface area (Å²) in [5.74, 6) is 0.657. The summed E-state index contributed by atoms with van der Waals surface area (Å²) in [6.45, 7) is 4.51. The van der Waals surface area contributed by atoms with Gasteiger partial charge in [0.2, 0.25) is 0 Å². The first-order chi connectivity index (χ1) is 13.2. The fraction of sp³-hybridized carbons (Fsp3) is 0.316. The highest BCUT2D eigenvalue weighted by Gasteiger charge is 2.28. The minimum atomic E-state index is -0.840. The molecule has 0 aliphatic heterocycles. The second-order valence-corrected chi connectivity index (χ2v) is 10.7. The molecule has 0 fully saturated rings. The van der Waals surface area contributed by atoms with E-state index >= 15 is 0 Å². The molecular weight excluding hydrogens is 814 g/mol. The first-order valence-corrected chi connectivity index (χ1v) is 12.8. The van der Waals surface area contributed by atoms with Crippen molar-refractivity contribution in [3.8, 4) is 17.2 Å². The van der Waals surface area contributed by atoms with Gasteiger partial charge in [-0.05, 0) is 133 Å². The molecule has 0 bridgehead atoms. The summed E-state index contributed by atoms with van der Waals surface area (Å²) in [5, 5.41) is 22.6. The Labute approximate surface area is 219 Å². The van der Waals surface area contributed by atoms with Gasteiger partial charge in [0.05, 0.1) is 14.3 Å². The van der Waals surface area contributed by atoms with E-state index in [1.165, 1.54) is 0 Å². The van der Waals surface area contributed by atoms with Gasteiger partial charge in [-0.3, -0.25) is 4.79 Å². The average molecular weight is 833 g/mol. The largest absolute Gasteiger partial charge is 0.506 e. The van der Waals surface area contributed by atoms with Crippen LogP contribution < -0.4 is 10.1 Å². The summed E-state index contributed by atoms with van der Waals surface area (Å²) in [6, 6.07) is 6.94. The molecule has 3 N–H and O–H groups in total. The van der Waals surface area contributed by atoms with Crippen molar-refractivity contribution in [3.63, 3.8) is 0 Å². The van der Waals surface area contributed by atoms with Gasteiger partial charge in [-0.25, -0.2) is 0 Å². The molecule has 0 aliphatic carbocycles. The van der Waals surface area contributed by atoms with Gasteiger partial charge in [0.15, 0.2) is 5.75 Å². The zero-order valence-corrected chi connectivity index (χ0v) is 23.7. The Morgan fingerprint density at radius 2 is 1.57 bits per heavy atom. The first-order valence-electron chi connectivity index (χ1n) is 8.50. The van der Waals surface area contributed by atoms with Crippen LogP contribution >= 0.6 is 90.4 Å². The van der Waals surface area contributed by atoms with Crippen LogP contribution in [0.15, 0.2) is 24.3 Å². The van der Waals surface area contributed by atoms with Gasteiger partial charge >= 0.3 is 5.97 Å². The third kappa shape index (κ3) is 5.97. The van der Waals surface area contributed by atoms with Crippen molar-refractivity contribution < 1.29 is 19.7 Å². The minimum Gasteiger partial charge on any atom is -0.506 e.